The van der Waals surface area contributed by atoms with Gasteiger partial charge in [0.15, 0.2) is 0 Å². The number of para-hydroxylation sites is 1. The first-order valence-corrected chi connectivity index (χ1v) is 5.68. The van der Waals surface area contributed by atoms with Gasteiger partial charge in [-0.2, -0.15) is 0 Å². The Hall–Kier alpha value is -1.73. The van der Waals surface area contributed by atoms with Crippen LogP contribution in [0.3, 0.4) is 0 Å². The molecule has 0 unspecified atom stereocenters. The topological polar surface area (TPSA) is 27.0 Å². The molecule has 0 saturated heterocycles. The summed E-state index contributed by atoms with van der Waals surface area (Å²) in [6.07, 6.45) is 1.94. The van der Waals surface area contributed by atoms with Crippen molar-refractivity contribution in [1.29, 1.82) is 5.26 Å². The molecule has 0 radical (unpaired) electrons. The monoisotopic (exact) mass is 224 g/mol. The second kappa shape index (κ2) is 4.87. The van der Waals surface area contributed by atoms with Crippen LogP contribution in [0.4, 0.5) is 5.69 Å². The maximum absolute atomic E-state index is 8.75. The average Bonchev–Trinajstić information content (AvgIpc) is 2.31. The van der Waals surface area contributed by atoms with Crippen molar-refractivity contribution in [3.05, 3.63) is 54.1 Å². The van der Waals surface area contributed by atoms with E-state index in [0.29, 0.717) is 0 Å². The fourth-order valence-electron chi connectivity index (χ4n) is 1.47. The van der Waals surface area contributed by atoms with Gasteiger partial charge in [-0.3, -0.25) is 0 Å². The van der Waals surface area contributed by atoms with Crippen LogP contribution >= 0.6 is 11.8 Å². The predicted molar refractivity (Wildman–Crippen MR) is 71.2 cm³/mol. The zero-order valence-corrected chi connectivity index (χ0v) is 9.45. The Labute approximate surface area is 99.8 Å². The molecule has 16 heavy (non-hydrogen) atoms. The number of nitriles is 1. The second-order valence-electron chi connectivity index (χ2n) is 3.19. The van der Waals surface area contributed by atoms with Gasteiger partial charge >= 0.3 is 99.5 Å². The Morgan fingerprint density at radius 3 is 2.75 bits per heavy atom. The van der Waals surface area contributed by atoms with Crippen LogP contribution in [0.5, 0.6) is 0 Å². The van der Waals surface area contributed by atoms with Gasteiger partial charge in [0.25, 0.3) is 0 Å². The Morgan fingerprint density at radius 2 is 2.06 bits per heavy atom. The van der Waals surface area contributed by atoms with Gasteiger partial charge in [-0.1, -0.05) is 0 Å². The van der Waals surface area contributed by atoms with E-state index < -0.39 is 0 Å². The van der Waals surface area contributed by atoms with Gasteiger partial charge in [0.05, 0.1) is 0 Å². The fourth-order valence-corrected chi connectivity index (χ4v) is 2.29. The van der Waals surface area contributed by atoms with Crippen molar-refractivity contribution in [2.24, 2.45) is 0 Å². The summed E-state index contributed by atoms with van der Waals surface area (Å²) in [5.41, 5.74) is 1.89. The molecular formula is C12H9BN2S. The molecule has 76 valence electrons. The number of hydrogen-bond acceptors (Lipinski definition) is 3. The van der Waals surface area contributed by atoms with Crippen LogP contribution in [0.25, 0.3) is 0 Å². The van der Waals surface area contributed by atoms with E-state index in [2.05, 4.69) is 12.5 Å². The normalized spacial score (nSPS) is 17.1. The molecule has 0 amide bonds. The summed E-state index contributed by atoms with van der Waals surface area (Å²) in [5, 5.41) is 10.7. The number of thioether (sulfide) groups is 1. The summed E-state index contributed by atoms with van der Waals surface area (Å²) in [6, 6.07) is 9.89. The van der Waals surface area contributed by atoms with Crippen LogP contribution in [-0.4, -0.2) is 11.8 Å². The summed E-state index contributed by atoms with van der Waals surface area (Å²) >= 11 is 1.52. The summed E-state index contributed by atoms with van der Waals surface area (Å²) in [4.78, 5) is 2.84. The van der Waals surface area contributed by atoms with Gasteiger partial charge in [0.1, 0.15) is 0 Å². The molecular weight excluding hydrogens is 215 g/mol. The van der Waals surface area contributed by atoms with Crippen LogP contribution in [0.2, 0.25) is 0 Å². The van der Waals surface area contributed by atoms with E-state index in [-0.39, 0.29) is 0 Å². The van der Waals surface area contributed by atoms with E-state index in [1.807, 2.05) is 46.7 Å². The quantitative estimate of drug-likeness (QED) is 0.686. The zero-order chi connectivity index (χ0) is 11.4. The van der Waals surface area contributed by atoms with E-state index in [1.54, 1.807) is 0 Å². The minimum atomic E-state index is 0.867. The molecule has 1 aromatic rings. The summed E-state index contributed by atoms with van der Waals surface area (Å²) < 4.78 is 0. The second-order valence-corrected chi connectivity index (χ2v) is 4.12. The van der Waals surface area contributed by atoms with Crippen LogP contribution in [-0.2, 0) is 0 Å². The number of allylic oxidation sites excluding steroid dienone is 1. The Bertz CT molecular complexity index is 500. The molecule has 4 heteroatoms. The van der Waals surface area contributed by atoms with E-state index in [4.69, 9.17) is 5.26 Å². The molecule has 2 nitrogen and oxygen atoms in total. The molecule has 0 N–H and O–H groups in total. The summed E-state index contributed by atoms with van der Waals surface area (Å²) in [7, 11) is 0. The Kier molecular flexibility index (Phi) is 3.28. The third kappa shape index (κ3) is 2.10. The Balaban J connectivity index is 2.44. The van der Waals surface area contributed by atoms with Gasteiger partial charge in [0, 0.05) is 0 Å². The van der Waals surface area contributed by atoms with Crippen molar-refractivity contribution in [2.75, 3.05) is 4.90 Å². The average molecular weight is 224 g/mol. The van der Waals surface area contributed by atoms with Crippen LogP contribution in [0, 0.1) is 11.2 Å². The maximum atomic E-state index is 8.75. The molecule has 0 atom stereocenters. The molecule has 1 aromatic carbocycles. The van der Waals surface area contributed by atoms with Crippen molar-refractivity contribution in [3.8, 4) is 5.97 Å². The van der Waals surface area contributed by atoms with Crippen molar-refractivity contribution in [1.82, 2.24) is 0 Å². The number of hydrogen-bond donors (Lipinski definition) is 0. The Morgan fingerprint density at radius 1 is 1.31 bits per heavy atom. The van der Waals surface area contributed by atoms with Gasteiger partial charge in [-0.15, -0.1) is 0 Å². The fraction of sp³-hybridized carbons (Fsp3) is 0. The molecule has 0 spiro atoms. The van der Waals surface area contributed by atoms with Crippen LogP contribution in [0.1, 0.15) is 0 Å². The molecule has 0 aliphatic carbocycles. The molecule has 1 aliphatic rings. The molecule has 2 rings (SSSR count). The number of benzene rings is 1. The van der Waals surface area contributed by atoms with Crippen molar-refractivity contribution >= 4 is 29.3 Å². The van der Waals surface area contributed by atoms with Crippen LogP contribution < -0.4 is 4.90 Å². The summed E-state index contributed by atoms with van der Waals surface area (Å²) in [6.45, 7) is 5.51. The van der Waals surface area contributed by atoms with Crippen molar-refractivity contribution < 1.29 is 0 Å². The predicted octanol–water partition coefficient (Wildman–Crippen LogP) is 2.54. The van der Waals surface area contributed by atoms with Crippen molar-refractivity contribution in [3.63, 3.8) is 0 Å². The number of rotatable bonds is 1. The standard InChI is InChI=1S/C12H9BN2S/c1-10-7-8-16-12(13-9-14)15(10)11-5-3-2-4-6-11/h2-8H,1H2. The molecule has 0 aromatic heterocycles. The zero-order valence-electron chi connectivity index (χ0n) is 8.63. The van der Waals surface area contributed by atoms with Gasteiger partial charge < -0.3 is 0 Å². The number of anilines is 1. The molecule has 0 fully saturated rings. The molecule has 1 aliphatic heterocycles. The summed E-state index contributed by atoms with van der Waals surface area (Å²) in [5.74, 6) is 2.06. The number of nitrogens with zero attached hydrogens (tertiary/aromatic N) is 2. The van der Waals surface area contributed by atoms with Gasteiger partial charge in [-0.05, 0) is 0 Å². The van der Waals surface area contributed by atoms with Crippen LogP contribution in [0.15, 0.2) is 54.1 Å². The first-order valence-electron chi connectivity index (χ1n) is 4.80. The van der Waals surface area contributed by atoms with E-state index in [0.717, 1.165) is 16.3 Å². The first-order chi connectivity index (χ1) is 7.83. The van der Waals surface area contributed by atoms with E-state index in [9.17, 15) is 0 Å². The van der Waals surface area contributed by atoms with E-state index in [1.165, 1.54) is 18.7 Å². The van der Waals surface area contributed by atoms with E-state index >= 15 is 0 Å². The SMILES string of the molecule is C=C1C=CSC(=BC#N)N1c1ccccc1. The minimum absolute atomic E-state index is 0.867. The van der Waals surface area contributed by atoms with Gasteiger partial charge in [0.2, 0.25) is 0 Å². The third-order valence-electron chi connectivity index (χ3n) is 2.16. The first kappa shape index (κ1) is 10.8. The molecule has 0 saturated carbocycles. The molecule has 1 heterocycles. The molecule has 0 bridgehead atoms. The third-order valence-corrected chi connectivity index (χ3v) is 2.97. The van der Waals surface area contributed by atoms with Crippen molar-refractivity contribution in [2.45, 2.75) is 0 Å². The van der Waals surface area contributed by atoms with Gasteiger partial charge in [-0.25, -0.2) is 0 Å².